The molecule has 0 spiro atoms. The normalized spacial score (nSPS) is 17.0. The van der Waals surface area contributed by atoms with Crippen LogP contribution in [0.2, 0.25) is 0 Å². The van der Waals surface area contributed by atoms with E-state index in [1.165, 1.54) is 25.7 Å². The number of methoxy groups -OCH3 is 1. The molecular weight excluding hydrogens is 319 g/mol. The van der Waals surface area contributed by atoms with Gasteiger partial charge in [-0.1, -0.05) is 38.2 Å². The Bertz CT molecular complexity index is 550. The van der Waals surface area contributed by atoms with Crippen LogP contribution in [0.5, 0.6) is 5.75 Å². The Hall–Kier alpha value is -1.72. The minimum Gasteiger partial charge on any atom is -0.497 e. The average molecular weight is 343 g/mol. The summed E-state index contributed by atoms with van der Waals surface area (Å²) in [6.07, 6.45) is 2.63. The van der Waals surface area contributed by atoms with Gasteiger partial charge in [-0.25, -0.2) is 0 Å². The minimum atomic E-state index is -4.48. The maximum atomic E-state index is 13.2. The third-order valence-electron chi connectivity index (χ3n) is 4.55. The van der Waals surface area contributed by atoms with Crippen molar-refractivity contribution in [2.24, 2.45) is 5.92 Å². The number of ether oxygens (including phenoxy) is 1. The molecule has 0 unspecified atom stereocenters. The first-order valence-electron chi connectivity index (χ1n) is 8.43. The van der Waals surface area contributed by atoms with Gasteiger partial charge in [0.15, 0.2) is 0 Å². The Kier molecular flexibility index (Phi) is 6.52. The summed E-state index contributed by atoms with van der Waals surface area (Å²) in [5.41, 5.74) is -0.706. The van der Waals surface area contributed by atoms with Crippen LogP contribution in [0.25, 0.3) is 0 Å². The Morgan fingerprint density at radius 2 is 1.79 bits per heavy atom. The zero-order valence-corrected chi connectivity index (χ0v) is 13.9. The summed E-state index contributed by atoms with van der Waals surface area (Å²) in [6.45, 7) is -0.117. The van der Waals surface area contributed by atoms with Crippen molar-refractivity contribution in [2.45, 2.75) is 57.7 Å². The summed E-state index contributed by atoms with van der Waals surface area (Å²) in [5.74, 6) is -0.0730. The molecule has 1 aromatic rings. The van der Waals surface area contributed by atoms with Crippen LogP contribution in [0.1, 0.15) is 56.1 Å². The van der Waals surface area contributed by atoms with Crippen LogP contribution < -0.4 is 10.1 Å². The third kappa shape index (κ3) is 5.14. The summed E-state index contributed by atoms with van der Waals surface area (Å²) in [4.78, 5) is 12.3. The van der Waals surface area contributed by atoms with Gasteiger partial charge in [-0.15, -0.1) is 0 Å². The van der Waals surface area contributed by atoms with Gasteiger partial charge in [0.2, 0.25) is 5.91 Å². The smallest absolute Gasteiger partial charge is 0.416 e. The van der Waals surface area contributed by atoms with Crippen molar-refractivity contribution in [3.63, 3.8) is 0 Å². The maximum absolute atomic E-state index is 13.2. The molecule has 6 heteroatoms. The summed E-state index contributed by atoms with van der Waals surface area (Å²) >= 11 is 0. The lowest BCUT2D eigenvalue weighted by molar-refractivity contribution is -0.138. The number of hydrogen-bond donors (Lipinski definition) is 1. The molecule has 0 radical (unpaired) electrons. The van der Waals surface area contributed by atoms with Crippen molar-refractivity contribution in [1.29, 1.82) is 0 Å². The lowest BCUT2D eigenvalue weighted by atomic mass is 9.90. The fourth-order valence-corrected chi connectivity index (χ4v) is 3.15. The van der Waals surface area contributed by atoms with Crippen LogP contribution in [0, 0.1) is 5.92 Å². The number of halogens is 3. The molecule has 1 aliphatic rings. The molecule has 1 N–H and O–H groups in total. The highest BCUT2D eigenvalue weighted by Crippen LogP contribution is 2.34. The molecule has 1 saturated carbocycles. The van der Waals surface area contributed by atoms with E-state index in [9.17, 15) is 18.0 Å². The Morgan fingerprint density at radius 3 is 2.38 bits per heavy atom. The van der Waals surface area contributed by atoms with Gasteiger partial charge in [0, 0.05) is 12.5 Å². The topological polar surface area (TPSA) is 38.3 Å². The Morgan fingerprint density at radius 1 is 1.17 bits per heavy atom. The van der Waals surface area contributed by atoms with Crippen molar-refractivity contribution >= 4 is 5.91 Å². The number of nitrogens with one attached hydrogen (secondary N) is 1. The van der Waals surface area contributed by atoms with E-state index in [0.717, 1.165) is 44.6 Å². The summed E-state index contributed by atoms with van der Waals surface area (Å²) in [6, 6.07) is 3.81. The Labute approximate surface area is 140 Å². The van der Waals surface area contributed by atoms with Gasteiger partial charge in [-0.2, -0.15) is 13.2 Å². The van der Waals surface area contributed by atoms with Crippen LogP contribution in [0.15, 0.2) is 18.2 Å². The second kappa shape index (κ2) is 8.40. The van der Waals surface area contributed by atoms with Crippen LogP contribution >= 0.6 is 0 Å². The van der Waals surface area contributed by atoms with Gasteiger partial charge in [-0.05, 0) is 30.5 Å². The third-order valence-corrected chi connectivity index (χ3v) is 4.55. The predicted octanol–water partition coefficient (Wildman–Crippen LogP) is 4.69. The highest BCUT2D eigenvalue weighted by atomic mass is 19.4. The van der Waals surface area contributed by atoms with Crippen molar-refractivity contribution < 1.29 is 22.7 Å². The van der Waals surface area contributed by atoms with Gasteiger partial charge in [0.05, 0.1) is 12.7 Å². The molecule has 0 aliphatic heterocycles. The van der Waals surface area contributed by atoms with Crippen molar-refractivity contribution in [3.05, 3.63) is 29.3 Å². The fraction of sp³-hybridized carbons (Fsp3) is 0.611. The number of carbonyl (C=O) groups excluding carboxylic acids is 1. The van der Waals surface area contributed by atoms with Gasteiger partial charge in [-0.3, -0.25) is 4.79 Å². The van der Waals surface area contributed by atoms with Gasteiger partial charge >= 0.3 is 6.18 Å². The number of rotatable bonds is 4. The van der Waals surface area contributed by atoms with E-state index in [1.54, 1.807) is 0 Å². The van der Waals surface area contributed by atoms with Crippen molar-refractivity contribution in [3.8, 4) is 5.75 Å². The number of amides is 1. The second-order valence-electron chi connectivity index (χ2n) is 6.28. The maximum Gasteiger partial charge on any atom is 0.416 e. The zero-order valence-electron chi connectivity index (χ0n) is 13.9. The molecule has 0 aromatic heterocycles. The first kappa shape index (κ1) is 18.6. The van der Waals surface area contributed by atoms with Gasteiger partial charge in [0.25, 0.3) is 0 Å². The van der Waals surface area contributed by atoms with Gasteiger partial charge in [0.1, 0.15) is 5.75 Å². The molecule has 134 valence electrons. The quantitative estimate of drug-likeness (QED) is 0.861. The summed E-state index contributed by atoms with van der Waals surface area (Å²) in [5, 5.41) is 2.69. The summed E-state index contributed by atoms with van der Waals surface area (Å²) < 4.78 is 44.4. The first-order chi connectivity index (χ1) is 11.4. The Balaban J connectivity index is 2.03. The van der Waals surface area contributed by atoms with Crippen LogP contribution in [0.3, 0.4) is 0 Å². The number of carbonyl (C=O) groups is 1. The van der Waals surface area contributed by atoms with E-state index in [-0.39, 0.29) is 29.7 Å². The van der Waals surface area contributed by atoms with E-state index in [4.69, 9.17) is 4.74 Å². The van der Waals surface area contributed by atoms with E-state index in [0.29, 0.717) is 0 Å². The monoisotopic (exact) mass is 343 g/mol. The average Bonchev–Trinajstić information content (AvgIpc) is 2.51. The molecule has 1 aliphatic carbocycles. The number of alkyl halides is 3. The SMILES string of the molecule is COc1ccc(CNC(=O)C2CCCCCCC2)c(C(F)(F)F)c1. The van der Waals surface area contributed by atoms with Crippen molar-refractivity contribution in [2.75, 3.05) is 7.11 Å². The molecule has 0 saturated heterocycles. The van der Waals surface area contributed by atoms with Gasteiger partial charge < -0.3 is 10.1 Å². The zero-order chi connectivity index (χ0) is 17.6. The van der Waals surface area contributed by atoms with Crippen LogP contribution in [0.4, 0.5) is 13.2 Å². The van der Waals surface area contributed by atoms with Crippen LogP contribution in [-0.2, 0) is 17.5 Å². The highest BCUT2D eigenvalue weighted by Gasteiger charge is 2.34. The molecule has 2 rings (SSSR count). The molecular formula is C18H24F3NO2. The van der Waals surface area contributed by atoms with E-state index in [2.05, 4.69) is 5.32 Å². The molecule has 0 bridgehead atoms. The standard InChI is InChI=1S/C18H24F3NO2/c1-24-15-10-9-14(16(11-15)18(19,20)21)12-22-17(23)13-7-5-3-2-4-6-8-13/h9-11,13H,2-8,12H2,1H3,(H,22,23). The molecule has 24 heavy (non-hydrogen) atoms. The largest absolute Gasteiger partial charge is 0.497 e. The summed E-state index contributed by atoms with van der Waals surface area (Å²) in [7, 11) is 1.32. The predicted molar refractivity (Wildman–Crippen MR) is 85.7 cm³/mol. The van der Waals surface area contributed by atoms with E-state index >= 15 is 0 Å². The molecule has 3 nitrogen and oxygen atoms in total. The van der Waals surface area contributed by atoms with E-state index in [1.807, 2.05) is 0 Å². The van der Waals surface area contributed by atoms with E-state index < -0.39 is 11.7 Å². The fourth-order valence-electron chi connectivity index (χ4n) is 3.15. The van der Waals surface area contributed by atoms with Crippen molar-refractivity contribution in [1.82, 2.24) is 5.32 Å². The lowest BCUT2D eigenvalue weighted by Crippen LogP contribution is -2.31. The lowest BCUT2D eigenvalue weighted by Gasteiger charge is -2.20. The first-order valence-corrected chi connectivity index (χ1v) is 8.43. The molecule has 0 atom stereocenters. The van der Waals surface area contributed by atoms with Crippen LogP contribution in [-0.4, -0.2) is 13.0 Å². The molecule has 1 aromatic carbocycles. The minimum absolute atomic E-state index is 0.0579. The second-order valence-corrected chi connectivity index (χ2v) is 6.28. The molecule has 1 amide bonds. The molecule has 0 heterocycles. The number of hydrogen-bond acceptors (Lipinski definition) is 2. The number of benzene rings is 1. The highest BCUT2D eigenvalue weighted by molar-refractivity contribution is 5.78. The molecule has 1 fully saturated rings.